The number of para-hydroxylation sites is 1. The first-order valence-corrected chi connectivity index (χ1v) is 8.72. The molecule has 0 unspecified atom stereocenters. The Hall–Kier alpha value is -2.00. The van der Waals surface area contributed by atoms with Gasteiger partial charge in [-0.2, -0.15) is 0 Å². The quantitative estimate of drug-likeness (QED) is 0.645. The topological polar surface area (TPSA) is 11.5 Å². The first-order valence-electron chi connectivity index (χ1n) is 8.72. The Balaban J connectivity index is 0.00000225. The summed E-state index contributed by atoms with van der Waals surface area (Å²) < 4.78 is 4.48. The minimum atomic E-state index is 0. The highest BCUT2D eigenvalue weighted by atomic mass is 35.5. The predicted molar refractivity (Wildman–Crippen MR) is 101 cm³/mol. The van der Waals surface area contributed by atoms with Crippen LogP contribution in [-0.2, 0) is 0 Å². The normalized spacial score (nSPS) is 11.2. The Bertz CT molecular complexity index is 836. The minimum Gasteiger partial charge on any atom is -1.00 e. The van der Waals surface area contributed by atoms with Crippen molar-refractivity contribution in [1.82, 2.24) is 4.40 Å². The van der Waals surface area contributed by atoms with Gasteiger partial charge in [-0.25, -0.2) is 8.97 Å². The van der Waals surface area contributed by atoms with Gasteiger partial charge in [-0.1, -0.05) is 45.9 Å². The molecule has 0 aliphatic heterocycles. The van der Waals surface area contributed by atoms with Gasteiger partial charge in [-0.15, -0.1) is 0 Å². The maximum absolute atomic E-state index is 2.29. The Labute approximate surface area is 157 Å². The number of benzene rings is 1. The molecule has 0 amide bonds. The standard InChI is InChI=1S/C21H28N3.ClH/c1-15(2)19-8-7-9-20(16(3)4)21(19)24-13-18-12-17(22(5)6)10-11-23(18)14-24;/h7-16H,1-6H3;1H/q+1;/p-1. The Kier molecular flexibility index (Phi) is 5.79. The van der Waals surface area contributed by atoms with Crippen LogP contribution in [0.15, 0.2) is 49.1 Å². The van der Waals surface area contributed by atoms with E-state index in [0.29, 0.717) is 11.8 Å². The van der Waals surface area contributed by atoms with Gasteiger partial charge in [0.25, 0.3) is 6.33 Å². The van der Waals surface area contributed by atoms with E-state index in [0.717, 1.165) is 0 Å². The van der Waals surface area contributed by atoms with Crippen LogP contribution in [0.1, 0.15) is 50.7 Å². The van der Waals surface area contributed by atoms with Crippen molar-refractivity contribution < 1.29 is 17.0 Å². The van der Waals surface area contributed by atoms with Crippen LogP contribution >= 0.6 is 0 Å². The zero-order valence-corrected chi connectivity index (χ0v) is 16.7. The molecule has 0 fully saturated rings. The fourth-order valence-electron chi connectivity index (χ4n) is 3.25. The van der Waals surface area contributed by atoms with Gasteiger partial charge in [0.05, 0.1) is 6.20 Å². The van der Waals surface area contributed by atoms with Crippen molar-refractivity contribution >= 4 is 11.2 Å². The molecule has 0 aliphatic rings. The van der Waals surface area contributed by atoms with Gasteiger partial charge in [-0.05, 0) is 11.8 Å². The van der Waals surface area contributed by atoms with Gasteiger partial charge in [0.15, 0.2) is 5.52 Å². The number of anilines is 1. The smallest absolute Gasteiger partial charge is 0.254 e. The third kappa shape index (κ3) is 3.67. The molecule has 0 N–H and O–H groups in total. The van der Waals surface area contributed by atoms with Crippen LogP contribution in [0.25, 0.3) is 11.2 Å². The van der Waals surface area contributed by atoms with Crippen molar-refractivity contribution in [3.63, 3.8) is 0 Å². The summed E-state index contributed by atoms with van der Waals surface area (Å²) >= 11 is 0. The summed E-state index contributed by atoms with van der Waals surface area (Å²) in [5, 5.41) is 0. The van der Waals surface area contributed by atoms with Crippen LogP contribution < -0.4 is 21.9 Å². The van der Waals surface area contributed by atoms with E-state index in [1.165, 1.54) is 28.0 Å². The number of halogens is 1. The van der Waals surface area contributed by atoms with Gasteiger partial charge in [-0.3, -0.25) is 0 Å². The summed E-state index contributed by atoms with van der Waals surface area (Å²) in [4.78, 5) is 2.14. The monoisotopic (exact) mass is 357 g/mol. The second-order valence-electron chi connectivity index (χ2n) is 7.36. The molecule has 25 heavy (non-hydrogen) atoms. The fraction of sp³-hybridized carbons (Fsp3) is 0.381. The molecule has 0 radical (unpaired) electrons. The van der Waals surface area contributed by atoms with Gasteiger partial charge >= 0.3 is 0 Å². The Morgan fingerprint density at radius 2 is 1.56 bits per heavy atom. The van der Waals surface area contributed by atoms with Gasteiger partial charge < -0.3 is 17.3 Å². The summed E-state index contributed by atoms with van der Waals surface area (Å²) in [6.07, 6.45) is 6.55. The van der Waals surface area contributed by atoms with Crippen molar-refractivity contribution in [3.8, 4) is 5.69 Å². The first kappa shape index (κ1) is 19.3. The zero-order chi connectivity index (χ0) is 17.4. The van der Waals surface area contributed by atoms with E-state index >= 15 is 0 Å². The summed E-state index contributed by atoms with van der Waals surface area (Å²) in [7, 11) is 4.15. The third-order valence-corrected chi connectivity index (χ3v) is 4.64. The molecule has 0 spiro atoms. The van der Waals surface area contributed by atoms with E-state index in [1.54, 1.807) is 0 Å². The van der Waals surface area contributed by atoms with Crippen LogP contribution in [0.4, 0.5) is 5.69 Å². The molecule has 4 heteroatoms. The Morgan fingerprint density at radius 3 is 2.08 bits per heavy atom. The lowest BCUT2D eigenvalue weighted by atomic mass is 9.92. The Morgan fingerprint density at radius 1 is 0.960 bits per heavy atom. The number of hydrogen-bond acceptors (Lipinski definition) is 1. The maximum Gasteiger partial charge on any atom is 0.254 e. The van der Waals surface area contributed by atoms with Crippen molar-refractivity contribution in [2.24, 2.45) is 0 Å². The molecule has 0 aliphatic carbocycles. The summed E-state index contributed by atoms with van der Waals surface area (Å²) in [6.45, 7) is 9.07. The molecule has 0 atom stereocenters. The molecule has 2 heterocycles. The van der Waals surface area contributed by atoms with Gasteiger partial charge in [0.1, 0.15) is 11.9 Å². The van der Waals surface area contributed by atoms with Crippen molar-refractivity contribution in [1.29, 1.82) is 0 Å². The molecular weight excluding hydrogens is 330 g/mol. The van der Waals surface area contributed by atoms with Crippen LogP contribution in [0, 0.1) is 0 Å². The summed E-state index contributed by atoms with van der Waals surface area (Å²) in [5.41, 5.74) is 6.55. The fourth-order valence-corrected chi connectivity index (χ4v) is 3.25. The SMILES string of the molecule is CC(C)c1cccc(C(C)C)c1-[n+]1cc2cc(N(C)C)ccn2c1.[Cl-]. The third-order valence-electron chi connectivity index (χ3n) is 4.64. The zero-order valence-electron chi connectivity index (χ0n) is 16.0. The molecule has 3 aromatic rings. The van der Waals surface area contributed by atoms with Crippen LogP contribution in [0.3, 0.4) is 0 Å². The molecule has 3 nitrogen and oxygen atoms in total. The van der Waals surface area contributed by atoms with Crippen molar-refractivity contribution in [3.05, 3.63) is 60.2 Å². The maximum atomic E-state index is 2.29. The van der Waals surface area contributed by atoms with E-state index in [2.05, 4.69) is 105 Å². The molecule has 134 valence electrons. The number of pyridine rings is 1. The lowest BCUT2D eigenvalue weighted by molar-refractivity contribution is -0.595. The average Bonchev–Trinajstić information content (AvgIpc) is 2.96. The number of fused-ring (bicyclic) bond motifs is 1. The number of aromatic nitrogens is 2. The van der Waals surface area contributed by atoms with Gasteiger partial charge in [0, 0.05) is 43.0 Å². The molecule has 2 aromatic heterocycles. The highest BCUT2D eigenvalue weighted by Crippen LogP contribution is 2.28. The van der Waals surface area contributed by atoms with E-state index in [9.17, 15) is 0 Å². The number of imidazole rings is 1. The van der Waals surface area contributed by atoms with E-state index in [-0.39, 0.29) is 12.4 Å². The van der Waals surface area contributed by atoms with Crippen LogP contribution in [0.5, 0.6) is 0 Å². The number of hydrogen-bond donors (Lipinski definition) is 0. The molecule has 3 rings (SSSR count). The van der Waals surface area contributed by atoms with Crippen LogP contribution in [-0.4, -0.2) is 18.5 Å². The van der Waals surface area contributed by atoms with Gasteiger partial charge in [0.2, 0.25) is 0 Å². The average molecular weight is 358 g/mol. The van der Waals surface area contributed by atoms with Crippen LogP contribution in [0.2, 0.25) is 0 Å². The highest BCUT2D eigenvalue weighted by Gasteiger charge is 2.20. The largest absolute Gasteiger partial charge is 1.00 e. The molecule has 0 saturated heterocycles. The number of nitrogens with zero attached hydrogens (tertiary/aromatic N) is 3. The van der Waals surface area contributed by atoms with E-state index in [4.69, 9.17) is 0 Å². The molecule has 0 saturated carbocycles. The minimum absolute atomic E-state index is 0. The van der Waals surface area contributed by atoms with E-state index < -0.39 is 0 Å². The molecular formula is C21H28ClN3. The second kappa shape index (κ2) is 7.49. The molecule has 1 aromatic carbocycles. The summed E-state index contributed by atoms with van der Waals surface area (Å²) in [6, 6.07) is 11.1. The second-order valence-corrected chi connectivity index (χ2v) is 7.36. The van der Waals surface area contributed by atoms with E-state index in [1.807, 2.05) is 0 Å². The molecule has 0 bridgehead atoms. The first-order chi connectivity index (χ1) is 11.4. The lowest BCUT2D eigenvalue weighted by Gasteiger charge is -2.16. The van der Waals surface area contributed by atoms with Crippen molar-refractivity contribution in [2.45, 2.75) is 39.5 Å². The van der Waals surface area contributed by atoms with Crippen molar-refractivity contribution in [2.75, 3.05) is 19.0 Å². The predicted octanol–water partition coefficient (Wildman–Crippen LogP) is 1.53. The number of rotatable bonds is 4. The lowest BCUT2D eigenvalue weighted by Crippen LogP contribution is -3.00. The highest BCUT2D eigenvalue weighted by molar-refractivity contribution is 5.58. The summed E-state index contributed by atoms with van der Waals surface area (Å²) in [5.74, 6) is 0.984.